The number of halogens is 4. The van der Waals surface area contributed by atoms with Gasteiger partial charge in [-0.05, 0) is 73.8 Å². The number of carbonyl (C=O) groups is 10. The molecule has 0 saturated heterocycles. The van der Waals surface area contributed by atoms with Gasteiger partial charge in [0.2, 0.25) is 53.2 Å². The van der Waals surface area contributed by atoms with Crippen molar-refractivity contribution in [3.05, 3.63) is 89.4 Å². The summed E-state index contributed by atoms with van der Waals surface area (Å²) in [6.07, 6.45) is -3.50. The van der Waals surface area contributed by atoms with E-state index in [1.165, 1.54) is 19.4 Å². The molecule has 0 aliphatic heterocycles. The van der Waals surface area contributed by atoms with Crippen LogP contribution in [0.3, 0.4) is 0 Å². The predicted molar refractivity (Wildman–Crippen MR) is 294 cm³/mol. The van der Waals surface area contributed by atoms with E-state index in [1.54, 1.807) is 55.9 Å². The van der Waals surface area contributed by atoms with Gasteiger partial charge in [-0.15, -0.1) is 0 Å². The lowest BCUT2D eigenvalue weighted by molar-refractivity contribution is -0.140. The maximum atomic E-state index is 14.2. The van der Waals surface area contributed by atoms with Crippen LogP contribution in [0.1, 0.15) is 108 Å². The Morgan fingerprint density at radius 3 is 1.94 bits per heavy atom. The minimum atomic E-state index is -5.18. The first-order valence-corrected chi connectivity index (χ1v) is 26.9. The highest BCUT2D eigenvalue weighted by molar-refractivity contribution is 6.00. The molecular weight excluding hydrogens is 1090 g/mol. The third-order valence-corrected chi connectivity index (χ3v) is 13.3. The fourth-order valence-electron chi connectivity index (χ4n) is 8.80. The lowest BCUT2D eigenvalue weighted by atomic mass is 9.96. The van der Waals surface area contributed by atoms with Crippen molar-refractivity contribution < 1.29 is 70.6 Å². The maximum Gasteiger partial charge on any atom is 0.419 e. The highest BCUT2D eigenvalue weighted by Crippen LogP contribution is 2.32. The number of aromatic nitrogens is 3. The number of nitrogens with zero attached hydrogens (tertiary/aromatic N) is 2. The average Bonchev–Trinajstić information content (AvgIpc) is 4.02. The fourth-order valence-corrected chi connectivity index (χ4v) is 8.80. The molecule has 0 radical (unpaired) electrons. The topological polar surface area (TPSA) is 373 Å². The van der Waals surface area contributed by atoms with E-state index in [2.05, 4.69) is 52.5 Å². The molecule has 0 unspecified atom stereocenters. The van der Waals surface area contributed by atoms with Gasteiger partial charge in [-0.1, -0.05) is 59.7 Å². The number of para-hydroxylation sites is 1. The first kappa shape index (κ1) is 67.1. The zero-order valence-corrected chi connectivity index (χ0v) is 47.4. The van der Waals surface area contributed by atoms with E-state index in [9.17, 15) is 70.6 Å². The number of alkyl halides is 3. The van der Waals surface area contributed by atoms with Crippen LogP contribution in [0.5, 0.6) is 0 Å². The standard InChI is InChI=1S/C55H75F4N13O11/c1-27(2)17-39(43(73)22-45(75)66-40(48(61)77)18-28(3)4)69-53(82)42(21-33-24-62-26-72(33)8)67-46(76)25-64-54(83)47(29(5)6)71-49(78)30(7)65-52(81)41(20-32-23-63-37-12-10-9-11-34(32)37)70-51(80)38(15-16-44(60)74)68-50(79)31-13-14-36(56)35(19-31)55(57,58)59/h9-14,19,23-24,26-30,38-43,47,63,73H,15-18,20-22,25H2,1-8H3,(H2,60,74)(H2,61,77)(H,64,83)(H,65,81)(H,66,75)(H,67,76)(H,68,79)(H,69,82)(H,70,80)(H,71,78)/t30-,38-,39-,40-,41-,42-,43-,47-/m0/s1/i56-1. The molecule has 4 rings (SSSR count). The number of rotatable bonds is 31. The van der Waals surface area contributed by atoms with Crippen LogP contribution in [-0.4, -0.2) is 134 Å². The molecule has 0 fully saturated rings. The van der Waals surface area contributed by atoms with E-state index in [0.29, 0.717) is 28.2 Å². The Hall–Kier alpha value is -8.43. The number of fused-ring (bicyclic) bond motifs is 1. The molecule has 14 N–H and O–H groups in total. The molecule has 0 bridgehead atoms. The number of nitrogens with one attached hydrogen (secondary N) is 9. The minimum absolute atomic E-state index is 0.0130. The Labute approximate surface area is 476 Å². The van der Waals surface area contributed by atoms with Gasteiger partial charge in [0, 0.05) is 60.9 Å². The summed E-state index contributed by atoms with van der Waals surface area (Å²) in [5.74, 6) is -11.4. The van der Waals surface area contributed by atoms with Crippen LogP contribution in [0.25, 0.3) is 10.9 Å². The second-order valence-electron chi connectivity index (χ2n) is 21.5. The number of benzene rings is 2. The zero-order valence-electron chi connectivity index (χ0n) is 47.4. The molecule has 0 aliphatic carbocycles. The van der Waals surface area contributed by atoms with Crippen LogP contribution in [-0.2, 0) is 69.2 Å². The number of hydrogen-bond donors (Lipinski definition) is 12. The van der Waals surface area contributed by atoms with Gasteiger partial charge in [0.25, 0.3) is 5.91 Å². The van der Waals surface area contributed by atoms with Crippen molar-refractivity contribution in [1.29, 1.82) is 0 Å². The summed E-state index contributed by atoms with van der Waals surface area (Å²) in [6, 6.07) is -0.966. The molecule has 0 saturated carbocycles. The predicted octanol–water partition coefficient (Wildman–Crippen LogP) is 0.938. The maximum absolute atomic E-state index is 14.2. The number of H-pyrrole nitrogens is 1. The highest BCUT2D eigenvalue weighted by atomic mass is 19.4. The summed E-state index contributed by atoms with van der Waals surface area (Å²) >= 11 is 0. The van der Waals surface area contributed by atoms with Gasteiger partial charge in [-0.3, -0.25) is 47.9 Å². The quantitative estimate of drug-likeness (QED) is 0.0314. The molecular formula is C55H75F4N13O11. The molecule has 83 heavy (non-hydrogen) atoms. The van der Waals surface area contributed by atoms with Gasteiger partial charge < -0.3 is 68.7 Å². The number of carbonyl (C=O) groups excluding carboxylic acids is 10. The smallest absolute Gasteiger partial charge is 0.390 e. The van der Waals surface area contributed by atoms with Crippen molar-refractivity contribution in [2.45, 2.75) is 148 Å². The fraction of sp³-hybridized carbons (Fsp3) is 0.509. The number of primary amides is 2. The van der Waals surface area contributed by atoms with Crippen molar-refractivity contribution in [2.75, 3.05) is 6.54 Å². The first-order chi connectivity index (χ1) is 38.8. The number of nitrogens with two attached hydrogens (primary N) is 2. The van der Waals surface area contributed by atoms with Crippen LogP contribution in [0.2, 0.25) is 0 Å². The molecule has 24 nitrogen and oxygen atoms in total. The van der Waals surface area contributed by atoms with E-state index in [1.807, 2.05) is 27.7 Å². The summed E-state index contributed by atoms with van der Waals surface area (Å²) < 4.78 is 56.3. The Morgan fingerprint density at radius 2 is 1.34 bits per heavy atom. The summed E-state index contributed by atoms with van der Waals surface area (Å²) in [5.41, 5.74) is 10.0. The minimum Gasteiger partial charge on any atom is -0.390 e. The van der Waals surface area contributed by atoms with Gasteiger partial charge in [0.15, 0.2) is 0 Å². The molecule has 10 amide bonds. The van der Waals surface area contributed by atoms with Crippen molar-refractivity contribution in [3.63, 3.8) is 0 Å². The monoisotopic (exact) mass is 1170 g/mol. The molecule has 0 aliphatic rings. The number of imidazole rings is 1. The number of aryl methyl sites for hydroxylation is 1. The second kappa shape index (κ2) is 30.6. The third kappa shape index (κ3) is 20.8. The zero-order chi connectivity index (χ0) is 62.0. The van der Waals surface area contributed by atoms with Gasteiger partial charge in [-0.25, -0.2) is 9.37 Å². The Bertz CT molecular complexity index is 2960. The Balaban J connectivity index is 1.48. The van der Waals surface area contributed by atoms with Crippen molar-refractivity contribution in [1.82, 2.24) is 57.1 Å². The van der Waals surface area contributed by atoms with E-state index in [4.69, 9.17) is 11.5 Å². The lowest BCUT2D eigenvalue weighted by Crippen LogP contribution is -2.59. The van der Waals surface area contributed by atoms with Crippen molar-refractivity contribution in [2.24, 2.45) is 36.3 Å². The molecule has 2 aromatic heterocycles. The first-order valence-electron chi connectivity index (χ1n) is 26.9. The van der Waals surface area contributed by atoms with E-state index >= 15 is 0 Å². The van der Waals surface area contributed by atoms with Gasteiger partial charge >= 0.3 is 6.18 Å². The molecule has 2 aromatic carbocycles. The number of hydrogen-bond acceptors (Lipinski definition) is 12. The van der Waals surface area contributed by atoms with Crippen LogP contribution >= 0.6 is 0 Å². The number of amides is 10. The summed E-state index contributed by atoms with van der Waals surface area (Å²) in [5, 5.41) is 32.0. The average molecular weight is 1170 g/mol. The normalized spacial score (nSPS) is 14.5. The van der Waals surface area contributed by atoms with Gasteiger partial charge in [0.05, 0.1) is 37.0 Å². The van der Waals surface area contributed by atoms with Crippen molar-refractivity contribution in [3.8, 4) is 0 Å². The molecule has 8 atom stereocenters. The van der Waals surface area contributed by atoms with Crippen LogP contribution in [0.4, 0.5) is 17.6 Å². The Morgan fingerprint density at radius 1 is 0.711 bits per heavy atom. The number of aliphatic hydroxyl groups is 1. The number of aromatic amines is 1. The van der Waals surface area contributed by atoms with Crippen LogP contribution in [0.15, 0.2) is 61.2 Å². The molecule has 2 heterocycles. The van der Waals surface area contributed by atoms with Crippen LogP contribution < -0.4 is 54.0 Å². The third-order valence-electron chi connectivity index (χ3n) is 13.3. The van der Waals surface area contributed by atoms with Crippen LogP contribution in [0, 0.1) is 23.6 Å². The van der Waals surface area contributed by atoms with Gasteiger partial charge in [-0.2, -0.15) is 13.2 Å². The largest absolute Gasteiger partial charge is 0.419 e. The van der Waals surface area contributed by atoms with E-state index < -0.39 is 162 Å². The van der Waals surface area contributed by atoms with Crippen molar-refractivity contribution >= 4 is 70.0 Å². The van der Waals surface area contributed by atoms with E-state index in [-0.39, 0.29) is 43.6 Å². The SMILES string of the molecule is CC(C)C[C@H](NC(=O)C[C@H](O)[C@H](CC(C)C)NC(=O)[C@H](Cc1cncn1C)NC(=O)CNC(=O)[C@@H](NC(=O)[C@H](C)NC(=O)[C@H](Cc1c[nH]c2ccccc12)NC(=O)[C@H](CCC(N)=O)NC(=O)c1ccc([18F])c(C(F)(F)F)c1)C(C)C)C(N)=O. The highest BCUT2D eigenvalue weighted by Gasteiger charge is 2.37. The van der Waals surface area contributed by atoms with Gasteiger partial charge in [0.1, 0.15) is 42.1 Å². The Kier molecular flexibility index (Phi) is 24.7. The molecule has 0 spiro atoms. The van der Waals surface area contributed by atoms with E-state index in [0.717, 1.165) is 6.07 Å². The molecule has 4 aromatic rings. The summed E-state index contributed by atoms with van der Waals surface area (Å²) in [4.78, 5) is 141. The molecule has 28 heteroatoms. The lowest BCUT2D eigenvalue weighted by Gasteiger charge is -2.28. The second-order valence-corrected chi connectivity index (χ2v) is 21.5. The summed E-state index contributed by atoms with van der Waals surface area (Å²) in [7, 11) is 1.66. The summed E-state index contributed by atoms with van der Waals surface area (Å²) in [6.45, 7) is 11.1. The number of aliphatic hydroxyl groups excluding tert-OH is 1. The molecule has 454 valence electrons.